The molecule has 2 saturated heterocycles. The summed E-state index contributed by atoms with van der Waals surface area (Å²) in [5.41, 5.74) is -0.388. The smallest absolute Gasteiger partial charge is 0.410 e. The quantitative estimate of drug-likeness (QED) is 0.628. The standard InChI is InChI=1S/C12H22N2O2/c1-12(2,3)16-11(15)14-7-9-5-6-13(4)10(9)8-14/h9-10H,5-8H2,1-4H3/t9?,10-/m1/s1. The molecule has 4 heteroatoms. The van der Waals surface area contributed by atoms with E-state index in [1.165, 1.54) is 6.42 Å². The van der Waals surface area contributed by atoms with Crippen molar-refractivity contribution in [2.24, 2.45) is 5.92 Å². The van der Waals surface area contributed by atoms with E-state index in [1.807, 2.05) is 25.7 Å². The Hall–Kier alpha value is -0.770. The van der Waals surface area contributed by atoms with E-state index < -0.39 is 0 Å². The van der Waals surface area contributed by atoms with Gasteiger partial charge < -0.3 is 14.5 Å². The van der Waals surface area contributed by atoms with Crippen LogP contribution in [-0.2, 0) is 4.74 Å². The molecule has 0 aromatic rings. The van der Waals surface area contributed by atoms with Crippen LogP contribution in [0.4, 0.5) is 4.79 Å². The van der Waals surface area contributed by atoms with Crippen LogP contribution in [0.3, 0.4) is 0 Å². The second kappa shape index (κ2) is 3.91. The molecule has 4 nitrogen and oxygen atoms in total. The number of carbonyl (C=O) groups is 1. The zero-order valence-corrected chi connectivity index (χ0v) is 10.7. The van der Waals surface area contributed by atoms with Crippen LogP contribution in [-0.4, -0.2) is 54.2 Å². The first-order valence-electron chi connectivity index (χ1n) is 6.05. The molecule has 0 bridgehead atoms. The second-order valence-electron chi connectivity index (χ2n) is 5.98. The molecule has 1 amide bonds. The fourth-order valence-electron chi connectivity index (χ4n) is 2.65. The van der Waals surface area contributed by atoms with Crippen LogP contribution in [0.25, 0.3) is 0 Å². The number of amides is 1. The molecular weight excluding hydrogens is 204 g/mol. The molecular formula is C12H22N2O2. The maximum Gasteiger partial charge on any atom is 0.410 e. The lowest BCUT2D eigenvalue weighted by Crippen LogP contribution is -2.38. The normalized spacial score (nSPS) is 30.6. The lowest BCUT2D eigenvalue weighted by molar-refractivity contribution is 0.0275. The molecule has 2 rings (SSSR count). The summed E-state index contributed by atoms with van der Waals surface area (Å²) < 4.78 is 5.39. The SMILES string of the molecule is CN1CCC2CN(C(=O)OC(C)(C)C)C[C@H]21. The van der Waals surface area contributed by atoms with Crippen molar-refractivity contribution in [1.82, 2.24) is 9.80 Å². The van der Waals surface area contributed by atoms with Crippen LogP contribution in [0, 0.1) is 5.92 Å². The monoisotopic (exact) mass is 226 g/mol. The fourth-order valence-corrected chi connectivity index (χ4v) is 2.65. The summed E-state index contributed by atoms with van der Waals surface area (Å²) in [7, 11) is 2.14. The van der Waals surface area contributed by atoms with Crippen molar-refractivity contribution in [1.29, 1.82) is 0 Å². The number of ether oxygens (including phenoxy) is 1. The Morgan fingerprint density at radius 1 is 1.31 bits per heavy atom. The summed E-state index contributed by atoms with van der Waals surface area (Å²) in [5.74, 6) is 0.650. The van der Waals surface area contributed by atoms with Crippen molar-refractivity contribution in [3.63, 3.8) is 0 Å². The molecule has 2 heterocycles. The van der Waals surface area contributed by atoms with Crippen LogP contribution in [0.2, 0.25) is 0 Å². The third-order valence-corrected chi connectivity index (χ3v) is 3.48. The van der Waals surface area contributed by atoms with Crippen LogP contribution < -0.4 is 0 Å². The van der Waals surface area contributed by atoms with Crippen molar-refractivity contribution < 1.29 is 9.53 Å². The molecule has 0 aromatic carbocycles. The van der Waals surface area contributed by atoms with E-state index in [2.05, 4.69) is 11.9 Å². The van der Waals surface area contributed by atoms with E-state index in [0.29, 0.717) is 12.0 Å². The van der Waals surface area contributed by atoms with E-state index >= 15 is 0 Å². The highest BCUT2D eigenvalue weighted by Gasteiger charge is 2.42. The summed E-state index contributed by atoms with van der Waals surface area (Å²) in [4.78, 5) is 16.1. The van der Waals surface area contributed by atoms with Crippen molar-refractivity contribution >= 4 is 6.09 Å². The van der Waals surface area contributed by atoms with Gasteiger partial charge in [-0.3, -0.25) is 0 Å². The molecule has 0 aliphatic carbocycles. The number of carbonyl (C=O) groups excluding carboxylic acids is 1. The lowest BCUT2D eigenvalue weighted by Gasteiger charge is -2.25. The molecule has 0 radical (unpaired) electrons. The zero-order chi connectivity index (χ0) is 11.9. The minimum Gasteiger partial charge on any atom is -0.444 e. The van der Waals surface area contributed by atoms with Crippen molar-refractivity contribution in [2.75, 3.05) is 26.7 Å². The van der Waals surface area contributed by atoms with Gasteiger partial charge in [0.05, 0.1) is 0 Å². The van der Waals surface area contributed by atoms with Gasteiger partial charge in [-0.15, -0.1) is 0 Å². The average molecular weight is 226 g/mol. The zero-order valence-electron chi connectivity index (χ0n) is 10.7. The molecule has 0 saturated carbocycles. The van der Waals surface area contributed by atoms with Gasteiger partial charge in [-0.25, -0.2) is 4.79 Å². The van der Waals surface area contributed by atoms with E-state index in [0.717, 1.165) is 19.6 Å². The minimum absolute atomic E-state index is 0.157. The summed E-state index contributed by atoms with van der Waals surface area (Å²) in [6.07, 6.45) is 1.05. The number of fused-ring (bicyclic) bond motifs is 1. The maximum absolute atomic E-state index is 11.9. The van der Waals surface area contributed by atoms with Gasteiger partial charge in [0.2, 0.25) is 0 Å². The first-order chi connectivity index (χ1) is 7.37. The molecule has 92 valence electrons. The van der Waals surface area contributed by atoms with Gasteiger partial charge in [-0.1, -0.05) is 0 Å². The summed E-state index contributed by atoms with van der Waals surface area (Å²) in [5, 5.41) is 0. The highest BCUT2D eigenvalue weighted by atomic mass is 16.6. The van der Waals surface area contributed by atoms with Gasteiger partial charge in [0.1, 0.15) is 5.60 Å². The molecule has 0 aromatic heterocycles. The Kier molecular flexibility index (Phi) is 2.86. The largest absolute Gasteiger partial charge is 0.444 e. The van der Waals surface area contributed by atoms with Gasteiger partial charge >= 0.3 is 6.09 Å². The average Bonchev–Trinajstić information content (AvgIpc) is 2.65. The van der Waals surface area contributed by atoms with E-state index in [1.54, 1.807) is 0 Å². The third kappa shape index (κ3) is 2.32. The van der Waals surface area contributed by atoms with E-state index in [9.17, 15) is 4.79 Å². The van der Waals surface area contributed by atoms with Crippen LogP contribution in [0.5, 0.6) is 0 Å². The Bertz CT molecular complexity index is 285. The number of likely N-dealkylation sites (N-methyl/N-ethyl adjacent to an activating group) is 1. The number of likely N-dealkylation sites (tertiary alicyclic amines) is 2. The van der Waals surface area contributed by atoms with Gasteiger partial charge in [0, 0.05) is 19.1 Å². The Labute approximate surface area is 97.5 Å². The topological polar surface area (TPSA) is 32.8 Å². The molecule has 2 aliphatic heterocycles. The fraction of sp³-hybridized carbons (Fsp3) is 0.917. The second-order valence-corrected chi connectivity index (χ2v) is 5.98. The molecule has 0 N–H and O–H groups in total. The first-order valence-corrected chi connectivity index (χ1v) is 6.05. The third-order valence-electron chi connectivity index (χ3n) is 3.48. The molecule has 2 atom stereocenters. The van der Waals surface area contributed by atoms with Crippen molar-refractivity contribution in [2.45, 2.75) is 38.8 Å². The van der Waals surface area contributed by atoms with Crippen LogP contribution >= 0.6 is 0 Å². The van der Waals surface area contributed by atoms with Gasteiger partial charge in [0.25, 0.3) is 0 Å². The highest BCUT2D eigenvalue weighted by Crippen LogP contribution is 2.30. The Balaban J connectivity index is 1.92. The predicted octanol–water partition coefficient (Wildman–Crippen LogP) is 1.56. The van der Waals surface area contributed by atoms with Crippen LogP contribution in [0.1, 0.15) is 27.2 Å². The minimum atomic E-state index is -0.388. The van der Waals surface area contributed by atoms with E-state index in [4.69, 9.17) is 4.74 Å². The van der Waals surface area contributed by atoms with Gasteiger partial charge in [-0.2, -0.15) is 0 Å². The Morgan fingerprint density at radius 2 is 2.00 bits per heavy atom. The summed E-state index contributed by atoms with van der Waals surface area (Å²) >= 11 is 0. The number of nitrogens with zero attached hydrogens (tertiary/aromatic N) is 2. The maximum atomic E-state index is 11.9. The van der Waals surface area contributed by atoms with E-state index in [-0.39, 0.29) is 11.7 Å². The van der Waals surface area contributed by atoms with Crippen molar-refractivity contribution in [3.05, 3.63) is 0 Å². The number of rotatable bonds is 0. The predicted molar refractivity (Wildman–Crippen MR) is 62.3 cm³/mol. The van der Waals surface area contributed by atoms with Crippen molar-refractivity contribution in [3.8, 4) is 0 Å². The molecule has 2 aliphatic rings. The van der Waals surface area contributed by atoms with Crippen LogP contribution in [0.15, 0.2) is 0 Å². The summed E-state index contributed by atoms with van der Waals surface area (Å²) in [6, 6.07) is 0.549. The Morgan fingerprint density at radius 3 is 2.56 bits per heavy atom. The number of hydrogen-bond donors (Lipinski definition) is 0. The lowest BCUT2D eigenvalue weighted by atomic mass is 10.1. The number of hydrogen-bond acceptors (Lipinski definition) is 3. The summed E-state index contributed by atoms with van der Waals surface area (Å²) in [6.45, 7) is 8.59. The highest BCUT2D eigenvalue weighted by molar-refractivity contribution is 5.68. The molecule has 0 spiro atoms. The molecule has 1 unspecified atom stereocenters. The first kappa shape index (κ1) is 11.7. The van der Waals surface area contributed by atoms with Gasteiger partial charge in [0.15, 0.2) is 0 Å². The molecule has 16 heavy (non-hydrogen) atoms. The van der Waals surface area contributed by atoms with Gasteiger partial charge in [-0.05, 0) is 46.7 Å². The molecule has 2 fully saturated rings.